The second-order valence-electron chi connectivity index (χ2n) is 5.34. The van der Waals surface area contributed by atoms with Crippen molar-refractivity contribution in [2.75, 3.05) is 0 Å². The van der Waals surface area contributed by atoms with E-state index in [0.717, 1.165) is 0 Å². The summed E-state index contributed by atoms with van der Waals surface area (Å²) in [7, 11) is 0. The third-order valence-corrected chi connectivity index (χ3v) is 3.37. The summed E-state index contributed by atoms with van der Waals surface area (Å²) in [6, 6.07) is 5.51. The molecule has 0 radical (unpaired) electrons. The summed E-state index contributed by atoms with van der Waals surface area (Å²) >= 11 is 0. The molecule has 0 amide bonds. The predicted molar refractivity (Wildman–Crippen MR) is 77.4 cm³/mol. The topological polar surface area (TPSA) is 37.9 Å². The van der Waals surface area contributed by atoms with Gasteiger partial charge in [0.05, 0.1) is 22.2 Å². The number of aromatic amines is 1. The monoisotopic (exact) mass is 360 g/mol. The van der Waals surface area contributed by atoms with Gasteiger partial charge in [-0.3, -0.25) is 0 Å². The minimum atomic E-state index is -4.93. The van der Waals surface area contributed by atoms with E-state index in [1.807, 2.05) is 0 Å². The number of hydrogen-bond donors (Lipinski definition) is 1. The second kappa shape index (κ2) is 5.68. The molecule has 0 aliphatic rings. The molecule has 0 atom stereocenters. The number of benzene rings is 2. The van der Waals surface area contributed by atoms with Gasteiger partial charge in [-0.05, 0) is 37.3 Å². The Balaban J connectivity index is 2.02. The zero-order valence-corrected chi connectivity index (χ0v) is 12.6. The van der Waals surface area contributed by atoms with Crippen molar-refractivity contribution in [3.8, 4) is 11.5 Å². The first-order valence-electron chi connectivity index (χ1n) is 6.96. The van der Waals surface area contributed by atoms with Gasteiger partial charge in [-0.25, -0.2) is 4.98 Å². The molecule has 0 saturated heterocycles. The first-order chi connectivity index (χ1) is 11.5. The number of fused-ring (bicyclic) bond motifs is 1. The molecule has 9 heteroatoms. The maximum absolute atomic E-state index is 12.8. The summed E-state index contributed by atoms with van der Waals surface area (Å²) in [5.41, 5.74) is -1.71. The Morgan fingerprint density at radius 3 is 2.00 bits per heavy atom. The summed E-state index contributed by atoms with van der Waals surface area (Å²) < 4.78 is 82.3. The minimum Gasteiger partial charge on any atom is -0.457 e. The highest BCUT2D eigenvalue weighted by molar-refractivity contribution is 5.76. The van der Waals surface area contributed by atoms with Gasteiger partial charge in [0, 0.05) is 6.07 Å². The van der Waals surface area contributed by atoms with Crippen LogP contribution in [0.15, 0.2) is 36.4 Å². The molecule has 1 aromatic heterocycles. The molecule has 3 nitrogen and oxygen atoms in total. The van der Waals surface area contributed by atoms with Gasteiger partial charge >= 0.3 is 12.4 Å². The van der Waals surface area contributed by atoms with Crippen LogP contribution in [0.5, 0.6) is 11.5 Å². The number of nitrogens with one attached hydrogen (secondary N) is 1. The van der Waals surface area contributed by atoms with E-state index in [4.69, 9.17) is 4.74 Å². The summed E-state index contributed by atoms with van der Waals surface area (Å²) in [4.78, 5) is 7.05. The largest absolute Gasteiger partial charge is 0.457 e. The van der Waals surface area contributed by atoms with Gasteiger partial charge in [0.1, 0.15) is 17.3 Å². The molecule has 0 fully saturated rings. The summed E-state index contributed by atoms with van der Waals surface area (Å²) in [6.07, 6.45) is -9.85. The van der Waals surface area contributed by atoms with Crippen LogP contribution in [0.25, 0.3) is 11.0 Å². The molecule has 25 heavy (non-hydrogen) atoms. The van der Waals surface area contributed by atoms with E-state index in [2.05, 4.69) is 9.97 Å². The zero-order valence-electron chi connectivity index (χ0n) is 12.6. The smallest absolute Gasteiger partial charge is 0.416 e. The van der Waals surface area contributed by atoms with Crippen LogP contribution in [0.4, 0.5) is 26.3 Å². The molecular formula is C16H10F6N2O. The highest BCUT2D eigenvalue weighted by atomic mass is 19.4. The Morgan fingerprint density at radius 2 is 1.44 bits per heavy atom. The van der Waals surface area contributed by atoms with Gasteiger partial charge in [0.25, 0.3) is 0 Å². The molecule has 0 unspecified atom stereocenters. The highest BCUT2D eigenvalue weighted by Crippen LogP contribution is 2.39. The van der Waals surface area contributed by atoms with Crippen molar-refractivity contribution in [2.45, 2.75) is 19.3 Å². The van der Waals surface area contributed by atoms with Crippen LogP contribution in [0, 0.1) is 6.92 Å². The molecule has 3 rings (SSSR count). The molecule has 0 spiro atoms. The summed E-state index contributed by atoms with van der Waals surface area (Å²) in [5, 5.41) is 0. The average Bonchev–Trinajstić information content (AvgIpc) is 2.84. The van der Waals surface area contributed by atoms with Crippen molar-refractivity contribution >= 4 is 11.0 Å². The van der Waals surface area contributed by atoms with Gasteiger partial charge in [-0.15, -0.1) is 0 Å². The number of imidazole rings is 1. The maximum atomic E-state index is 12.8. The maximum Gasteiger partial charge on any atom is 0.416 e. The van der Waals surface area contributed by atoms with E-state index < -0.39 is 29.2 Å². The molecule has 2 aromatic carbocycles. The van der Waals surface area contributed by atoms with Crippen molar-refractivity contribution < 1.29 is 31.1 Å². The quantitative estimate of drug-likeness (QED) is 0.595. The third-order valence-electron chi connectivity index (χ3n) is 3.37. The van der Waals surface area contributed by atoms with E-state index in [1.165, 1.54) is 12.1 Å². The molecule has 0 aliphatic heterocycles. The van der Waals surface area contributed by atoms with Gasteiger partial charge in [0.2, 0.25) is 0 Å². The van der Waals surface area contributed by atoms with Crippen LogP contribution in [-0.4, -0.2) is 9.97 Å². The Kier molecular flexibility index (Phi) is 3.89. The molecule has 132 valence electrons. The number of rotatable bonds is 2. The van der Waals surface area contributed by atoms with Gasteiger partial charge < -0.3 is 9.72 Å². The van der Waals surface area contributed by atoms with Crippen molar-refractivity contribution in [1.29, 1.82) is 0 Å². The summed E-state index contributed by atoms with van der Waals surface area (Å²) in [6.45, 7) is 1.71. The van der Waals surface area contributed by atoms with E-state index in [0.29, 0.717) is 29.0 Å². The molecule has 0 bridgehead atoms. The van der Waals surface area contributed by atoms with Crippen molar-refractivity contribution in [1.82, 2.24) is 9.97 Å². The Bertz CT molecular complexity index is 894. The number of H-pyrrole nitrogens is 1. The van der Waals surface area contributed by atoms with Gasteiger partial charge in [-0.2, -0.15) is 26.3 Å². The molecule has 0 saturated carbocycles. The molecular weight excluding hydrogens is 350 g/mol. The first-order valence-corrected chi connectivity index (χ1v) is 6.96. The van der Waals surface area contributed by atoms with Crippen LogP contribution in [-0.2, 0) is 12.4 Å². The third kappa shape index (κ3) is 3.70. The van der Waals surface area contributed by atoms with Crippen LogP contribution >= 0.6 is 0 Å². The van der Waals surface area contributed by atoms with Crippen LogP contribution in [0.3, 0.4) is 0 Å². The van der Waals surface area contributed by atoms with Crippen molar-refractivity contribution in [2.24, 2.45) is 0 Å². The first kappa shape index (κ1) is 17.1. The fourth-order valence-corrected chi connectivity index (χ4v) is 2.30. The normalized spacial score (nSPS) is 12.6. The molecule has 1 N–H and O–H groups in total. The number of aromatic nitrogens is 2. The predicted octanol–water partition coefficient (Wildman–Crippen LogP) is 5.70. The van der Waals surface area contributed by atoms with Crippen LogP contribution in [0.1, 0.15) is 17.0 Å². The Labute approximate surface area is 137 Å². The fourth-order valence-electron chi connectivity index (χ4n) is 2.30. The minimum absolute atomic E-state index is 0.0499. The lowest BCUT2D eigenvalue weighted by Crippen LogP contribution is -2.11. The lowest BCUT2D eigenvalue weighted by molar-refractivity contribution is -0.143. The summed E-state index contributed by atoms with van der Waals surface area (Å²) in [5.74, 6) is 0.145. The SMILES string of the molecule is Cc1nc2ccc(Oc3cc(C(F)(F)F)cc(C(F)(F)F)c3)cc2[nH]1. The molecule has 0 aliphatic carbocycles. The number of nitrogens with zero attached hydrogens (tertiary/aromatic N) is 1. The average molecular weight is 360 g/mol. The number of hydrogen-bond acceptors (Lipinski definition) is 2. The highest BCUT2D eigenvalue weighted by Gasteiger charge is 2.37. The van der Waals surface area contributed by atoms with Crippen LogP contribution in [0.2, 0.25) is 0 Å². The Hall–Kier alpha value is -2.71. The van der Waals surface area contributed by atoms with Crippen molar-refractivity contribution in [3.05, 3.63) is 53.3 Å². The van der Waals surface area contributed by atoms with E-state index in [-0.39, 0.29) is 11.8 Å². The standard InChI is InChI=1S/C16H10F6N2O/c1-8-23-13-3-2-11(7-14(13)24-8)25-12-5-9(15(17,18)19)4-10(6-12)16(20,21)22/h2-7H,1H3,(H,23,24). The number of ether oxygens (including phenoxy) is 1. The number of halogens is 6. The number of alkyl halides is 6. The van der Waals surface area contributed by atoms with Crippen LogP contribution < -0.4 is 4.74 Å². The van der Waals surface area contributed by atoms with Gasteiger partial charge in [-0.1, -0.05) is 0 Å². The molecule has 1 heterocycles. The number of aryl methyl sites for hydroxylation is 1. The lowest BCUT2D eigenvalue weighted by Gasteiger charge is -2.14. The van der Waals surface area contributed by atoms with E-state index in [1.54, 1.807) is 13.0 Å². The van der Waals surface area contributed by atoms with Gasteiger partial charge in [0.15, 0.2) is 0 Å². The van der Waals surface area contributed by atoms with E-state index in [9.17, 15) is 26.3 Å². The Morgan fingerprint density at radius 1 is 0.840 bits per heavy atom. The van der Waals surface area contributed by atoms with E-state index >= 15 is 0 Å². The fraction of sp³-hybridized carbons (Fsp3) is 0.188. The lowest BCUT2D eigenvalue weighted by atomic mass is 10.1. The zero-order chi connectivity index (χ0) is 18.4. The van der Waals surface area contributed by atoms with Crippen molar-refractivity contribution in [3.63, 3.8) is 0 Å². The second-order valence-corrected chi connectivity index (χ2v) is 5.34. The molecule has 3 aromatic rings.